The van der Waals surface area contributed by atoms with E-state index in [1.165, 1.54) is 11.1 Å². The van der Waals surface area contributed by atoms with Crippen molar-refractivity contribution in [2.24, 2.45) is 5.92 Å². The van der Waals surface area contributed by atoms with E-state index < -0.39 is 0 Å². The van der Waals surface area contributed by atoms with E-state index in [0.29, 0.717) is 5.92 Å². The summed E-state index contributed by atoms with van der Waals surface area (Å²) in [6.07, 6.45) is 1.10. The predicted molar refractivity (Wildman–Crippen MR) is 68.7 cm³/mol. The van der Waals surface area contributed by atoms with Crippen LogP contribution in [0.1, 0.15) is 45.7 Å². The Morgan fingerprint density at radius 2 is 1.73 bits per heavy atom. The van der Waals surface area contributed by atoms with E-state index in [1.807, 2.05) is 0 Å². The second kappa shape index (κ2) is 4.57. The van der Waals surface area contributed by atoms with Crippen LogP contribution in [0.4, 0.5) is 0 Å². The zero-order chi connectivity index (χ0) is 11.6. The van der Waals surface area contributed by atoms with Crippen molar-refractivity contribution < 1.29 is 0 Å². The molecule has 0 spiro atoms. The minimum atomic E-state index is 0.177. The summed E-state index contributed by atoms with van der Waals surface area (Å²) in [5, 5.41) is 0.859. The summed E-state index contributed by atoms with van der Waals surface area (Å²) < 4.78 is 0. The standard InChI is InChI=1S/C14H21Cl/c1-10(2)6-11-7-12(14(3,4)5)9-13(15)8-11/h7-10H,6H2,1-5H3. The molecule has 0 unspecified atom stereocenters. The van der Waals surface area contributed by atoms with E-state index >= 15 is 0 Å². The van der Waals surface area contributed by atoms with Crippen LogP contribution in [-0.2, 0) is 11.8 Å². The summed E-state index contributed by atoms with van der Waals surface area (Å²) in [4.78, 5) is 0. The van der Waals surface area contributed by atoms with Crippen LogP contribution in [0.2, 0.25) is 5.02 Å². The molecule has 15 heavy (non-hydrogen) atoms. The molecule has 1 rings (SSSR count). The number of hydrogen-bond donors (Lipinski definition) is 0. The minimum absolute atomic E-state index is 0.177. The molecule has 0 nitrogen and oxygen atoms in total. The zero-order valence-electron chi connectivity index (χ0n) is 10.4. The molecule has 0 saturated carbocycles. The van der Waals surface area contributed by atoms with E-state index in [-0.39, 0.29) is 5.41 Å². The summed E-state index contributed by atoms with van der Waals surface area (Å²) in [5.74, 6) is 0.677. The van der Waals surface area contributed by atoms with Crippen molar-refractivity contribution in [1.29, 1.82) is 0 Å². The Labute approximate surface area is 98.7 Å². The summed E-state index contributed by atoms with van der Waals surface area (Å²) in [5.41, 5.74) is 2.85. The lowest BCUT2D eigenvalue weighted by molar-refractivity contribution is 0.586. The summed E-state index contributed by atoms with van der Waals surface area (Å²) in [6.45, 7) is 11.1. The van der Waals surface area contributed by atoms with Crippen molar-refractivity contribution in [3.8, 4) is 0 Å². The fraction of sp³-hybridized carbons (Fsp3) is 0.571. The van der Waals surface area contributed by atoms with Crippen LogP contribution in [0.5, 0.6) is 0 Å². The fourth-order valence-corrected chi connectivity index (χ4v) is 1.93. The Hall–Kier alpha value is -0.490. The van der Waals surface area contributed by atoms with Gasteiger partial charge in [0.1, 0.15) is 0 Å². The second-order valence-corrected chi connectivity index (χ2v) is 6.13. The first kappa shape index (κ1) is 12.6. The predicted octanol–water partition coefficient (Wildman–Crippen LogP) is 4.84. The molecule has 0 fully saturated rings. The van der Waals surface area contributed by atoms with Crippen LogP contribution in [0, 0.1) is 5.92 Å². The van der Waals surface area contributed by atoms with Gasteiger partial charge in [-0.05, 0) is 41.0 Å². The molecule has 1 aromatic carbocycles. The van der Waals surface area contributed by atoms with E-state index in [2.05, 4.69) is 52.8 Å². The van der Waals surface area contributed by atoms with Crippen LogP contribution in [-0.4, -0.2) is 0 Å². The molecule has 0 aliphatic carbocycles. The molecule has 1 heteroatoms. The number of hydrogen-bond acceptors (Lipinski definition) is 0. The van der Waals surface area contributed by atoms with Gasteiger partial charge in [-0.3, -0.25) is 0 Å². The smallest absolute Gasteiger partial charge is 0.0411 e. The summed E-state index contributed by atoms with van der Waals surface area (Å²) in [6, 6.07) is 6.44. The van der Waals surface area contributed by atoms with Crippen molar-refractivity contribution in [1.82, 2.24) is 0 Å². The molecule has 0 bridgehead atoms. The van der Waals surface area contributed by atoms with Crippen molar-refractivity contribution in [3.05, 3.63) is 34.3 Å². The average Bonchev–Trinajstić information content (AvgIpc) is 1.99. The lowest BCUT2D eigenvalue weighted by Gasteiger charge is -2.20. The maximum atomic E-state index is 6.14. The van der Waals surface area contributed by atoms with Crippen LogP contribution >= 0.6 is 11.6 Å². The molecule has 84 valence electrons. The molecule has 0 N–H and O–H groups in total. The number of halogens is 1. The van der Waals surface area contributed by atoms with Crippen molar-refractivity contribution >= 4 is 11.6 Å². The van der Waals surface area contributed by atoms with Crippen LogP contribution in [0.25, 0.3) is 0 Å². The van der Waals surface area contributed by atoms with Crippen molar-refractivity contribution in [2.75, 3.05) is 0 Å². The fourth-order valence-electron chi connectivity index (χ4n) is 1.67. The van der Waals surface area contributed by atoms with E-state index in [4.69, 9.17) is 11.6 Å². The third-order valence-corrected chi connectivity index (χ3v) is 2.69. The Morgan fingerprint density at radius 1 is 1.13 bits per heavy atom. The van der Waals surface area contributed by atoms with Crippen LogP contribution in [0.15, 0.2) is 18.2 Å². The largest absolute Gasteiger partial charge is 0.0843 e. The molecule has 0 amide bonds. The first-order valence-electron chi connectivity index (χ1n) is 5.59. The highest BCUT2D eigenvalue weighted by Crippen LogP contribution is 2.27. The van der Waals surface area contributed by atoms with Gasteiger partial charge < -0.3 is 0 Å². The molecule has 0 atom stereocenters. The molecule has 0 aliphatic heterocycles. The zero-order valence-corrected chi connectivity index (χ0v) is 11.2. The highest BCUT2D eigenvalue weighted by molar-refractivity contribution is 6.30. The molecule has 0 aromatic heterocycles. The molecular weight excluding hydrogens is 204 g/mol. The Morgan fingerprint density at radius 3 is 2.20 bits per heavy atom. The van der Waals surface area contributed by atoms with Gasteiger partial charge in [0.2, 0.25) is 0 Å². The van der Waals surface area contributed by atoms with E-state index in [0.717, 1.165) is 11.4 Å². The first-order chi connectivity index (χ1) is 6.79. The number of benzene rings is 1. The lowest BCUT2D eigenvalue weighted by atomic mass is 9.85. The SMILES string of the molecule is CC(C)Cc1cc(Cl)cc(C(C)(C)C)c1. The topological polar surface area (TPSA) is 0 Å². The summed E-state index contributed by atoms with van der Waals surface area (Å²) in [7, 11) is 0. The second-order valence-electron chi connectivity index (χ2n) is 5.70. The molecule has 0 saturated heterocycles. The highest BCUT2D eigenvalue weighted by Gasteiger charge is 2.15. The molecule has 1 aromatic rings. The minimum Gasteiger partial charge on any atom is -0.0843 e. The lowest BCUT2D eigenvalue weighted by Crippen LogP contribution is -2.11. The van der Waals surface area contributed by atoms with Gasteiger partial charge in [0.25, 0.3) is 0 Å². The number of rotatable bonds is 2. The first-order valence-corrected chi connectivity index (χ1v) is 5.97. The van der Waals surface area contributed by atoms with Crippen LogP contribution in [0.3, 0.4) is 0 Å². The van der Waals surface area contributed by atoms with Gasteiger partial charge in [0, 0.05) is 5.02 Å². The van der Waals surface area contributed by atoms with Crippen molar-refractivity contribution in [3.63, 3.8) is 0 Å². The van der Waals surface area contributed by atoms with E-state index in [9.17, 15) is 0 Å². The quantitative estimate of drug-likeness (QED) is 0.675. The van der Waals surface area contributed by atoms with Gasteiger partial charge in [-0.15, -0.1) is 0 Å². The third kappa shape index (κ3) is 3.87. The Bertz CT molecular complexity index is 332. The van der Waals surface area contributed by atoms with Gasteiger partial charge in [0.05, 0.1) is 0 Å². The molecule has 0 aliphatic rings. The van der Waals surface area contributed by atoms with Gasteiger partial charge in [-0.25, -0.2) is 0 Å². The van der Waals surface area contributed by atoms with Gasteiger partial charge in [-0.2, -0.15) is 0 Å². The monoisotopic (exact) mass is 224 g/mol. The Kier molecular flexibility index (Phi) is 3.83. The molecule has 0 radical (unpaired) electrons. The van der Waals surface area contributed by atoms with Gasteiger partial charge >= 0.3 is 0 Å². The maximum Gasteiger partial charge on any atom is 0.0411 e. The van der Waals surface area contributed by atoms with Crippen LogP contribution < -0.4 is 0 Å². The van der Waals surface area contributed by atoms with E-state index in [1.54, 1.807) is 0 Å². The Balaban J connectivity index is 3.06. The van der Waals surface area contributed by atoms with Gasteiger partial charge in [-0.1, -0.05) is 52.3 Å². The average molecular weight is 225 g/mol. The molecular formula is C14H21Cl. The van der Waals surface area contributed by atoms with Gasteiger partial charge in [0.15, 0.2) is 0 Å². The maximum absolute atomic E-state index is 6.14. The molecule has 0 heterocycles. The highest BCUT2D eigenvalue weighted by atomic mass is 35.5. The normalized spacial score (nSPS) is 12.2. The third-order valence-electron chi connectivity index (χ3n) is 2.47. The summed E-state index contributed by atoms with van der Waals surface area (Å²) >= 11 is 6.14. The van der Waals surface area contributed by atoms with Crippen molar-refractivity contribution in [2.45, 2.75) is 46.5 Å².